The average Bonchev–Trinajstić information content (AvgIpc) is 2.38. The molecule has 0 heterocycles. The maximum absolute atomic E-state index is 11.1. The summed E-state index contributed by atoms with van der Waals surface area (Å²) < 4.78 is 4.58. The first-order valence-corrected chi connectivity index (χ1v) is 5.54. The van der Waals surface area contributed by atoms with Crippen LogP contribution in [0.4, 0.5) is 4.79 Å². The van der Waals surface area contributed by atoms with Crippen LogP contribution in [0.25, 0.3) is 10.8 Å². The van der Waals surface area contributed by atoms with E-state index < -0.39 is 6.09 Å². The predicted octanol–water partition coefficient (Wildman–Crippen LogP) is 3.26. The Morgan fingerprint density at radius 1 is 1.18 bits per heavy atom. The van der Waals surface area contributed by atoms with Crippen LogP contribution in [-0.2, 0) is 4.74 Å². The summed E-state index contributed by atoms with van der Waals surface area (Å²) in [5, 5.41) is 5.12. The summed E-state index contributed by atoms with van der Waals surface area (Å²) in [6, 6.07) is 14.2. The number of carbonyl (C=O) groups is 1. The molecule has 2 aromatic rings. The molecule has 0 aliphatic heterocycles. The number of rotatable bonds is 2. The molecule has 0 radical (unpaired) electrons. The minimum absolute atomic E-state index is 0.0629. The quantitative estimate of drug-likeness (QED) is 0.858. The summed E-state index contributed by atoms with van der Waals surface area (Å²) in [5.41, 5.74) is 1.06. The summed E-state index contributed by atoms with van der Waals surface area (Å²) in [7, 11) is 1.36. The molecule has 17 heavy (non-hydrogen) atoms. The molecule has 1 unspecified atom stereocenters. The van der Waals surface area contributed by atoms with Gasteiger partial charge in [0, 0.05) is 0 Å². The van der Waals surface area contributed by atoms with E-state index >= 15 is 0 Å². The van der Waals surface area contributed by atoms with E-state index in [1.54, 1.807) is 0 Å². The molecule has 0 aromatic heterocycles. The van der Waals surface area contributed by atoms with Crippen LogP contribution in [0.3, 0.4) is 0 Å². The van der Waals surface area contributed by atoms with Crippen LogP contribution in [0, 0.1) is 0 Å². The zero-order valence-electron chi connectivity index (χ0n) is 9.94. The number of hydrogen-bond donors (Lipinski definition) is 1. The molecule has 0 spiro atoms. The summed E-state index contributed by atoms with van der Waals surface area (Å²) in [6.07, 6.45) is -0.411. The molecule has 0 bridgehead atoms. The lowest BCUT2D eigenvalue weighted by atomic mass is 10.0. The Bertz CT molecular complexity index is 536. The minimum atomic E-state index is -0.411. The molecule has 0 saturated heterocycles. The molecule has 2 rings (SSSR count). The molecule has 3 nitrogen and oxygen atoms in total. The number of fused-ring (bicyclic) bond motifs is 1. The van der Waals surface area contributed by atoms with Crippen LogP contribution >= 0.6 is 0 Å². The molecular formula is C14H15NO2. The number of amides is 1. The van der Waals surface area contributed by atoms with E-state index in [9.17, 15) is 4.79 Å². The van der Waals surface area contributed by atoms with Gasteiger partial charge in [0.05, 0.1) is 13.2 Å². The van der Waals surface area contributed by atoms with Gasteiger partial charge in [0.1, 0.15) is 0 Å². The van der Waals surface area contributed by atoms with Gasteiger partial charge in [-0.3, -0.25) is 0 Å². The Kier molecular flexibility index (Phi) is 3.28. The van der Waals surface area contributed by atoms with Crippen LogP contribution in [0.15, 0.2) is 42.5 Å². The van der Waals surface area contributed by atoms with E-state index in [1.165, 1.54) is 17.9 Å². The summed E-state index contributed by atoms with van der Waals surface area (Å²) >= 11 is 0. The monoisotopic (exact) mass is 229 g/mol. The van der Waals surface area contributed by atoms with E-state index in [-0.39, 0.29) is 6.04 Å². The van der Waals surface area contributed by atoms with E-state index in [0.717, 1.165) is 5.56 Å². The number of ether oxygens (including phenoxy) is 1. The number of carbonyl (C=O) groups excluding carboxylic acids is 1. The lowest BCUT2D eigenvalue weighted by Crippen LogP contribution is -2.26. The van der Waals surface area contributed by atoms with Crippen LogP contribution in [0.2, 0.25) is 0 Å². The molecule has 0 saturated carbocycles. The largest absolute Gasteiger partial charge is 0.453 e. The molecule has 88 valence electrons. The molecule has 0 aliphatic carbocycles. The molecule has 0 aliphatic rings. The van der Waals surface area contributed by atoms with Gasteiger partial charge in [-0.15, -0.1) is 0 Å². The van der Waals surface area contributed by atoms with Gasteiger partial charge < -0.3 is 10.1 Å². The minimum Gasteiger partial charge on any atom is -0.453 e. The highest BCUT2D eigenvalue weighted by Gasteiger charge is 2.09. The van der Waals surface area contributed by atoms with E-state index in [2.05, 4.69) is 34.3 Å². The van der Waals surface area contributed by atoms with Gasteiger partial charge in [-0.2, -0.15) is 0 Å². The maximum atomic E-state index is 11.1. The molecule has 0 fully saturated rings. The third kappa shape index (κ3) is 2.56. The number of benzene rings is 2. The summed E-state index contributed by atoms with van der Waals surface area (Å²) in [6.45, 7) is 1.93. The zero-order valence-corrected chi connectivity index (χ0v) is 9.94. The fourth-order valence-corrected chi connectivity index (χ4v) is 1.80. The Balaban J connectivity index is 2.26. The van der Waals surface area contributed by atoms with Crippen molar-refractivity contribution < 1.29 is 9.53 Å². The Labute approximate surface area is 100 Å². The van der Waals surface area contributed by atoms with Gasteiger partial charge in [0.25, 0.3) is 0 Å². The molecule has 1 amide bonds. The molecule has 2 aromatic carbocycles. The van der Waals surface area contributed by atoms with Crippen molar-refractivity contribution in [2.45, 2.75) is 13.0 Å². The second kappa shape index (κ2) is 4.87. The van der Waals surface area contributed by atoms with Crippen molar-refractivity contribution in [1.82, 2.24) is 5.32 Å². The number of nitrogens with one attached hydrogen (secondary N) is 1. The fraction of sp³-hybridized carbons (Fsp3) is 0.214. The lowest BCUT2D eigenvalue weighted by Gasteiger charge is -2.13. The van der Waals surface area contributed by atoms with Gasteiger partial charge in [-0.05, 0) is 29.3 Å². The predicted molar refractivity (Wildman–Crippen MR) is 67.9 cm³/mol. The van der Waals surface area contributed by atoms with E-state index in [4.69, 9.17) is 0 Å². The van der Waals surface area contributed by atoms with Gasteiger partial charge in [0.15, 0.2) is 0 Å². The van der Waals surface area contributed by atoms with Gasteiger partial charge in [-0.25, -0.2) is 4.79 Å². The van der Waals surface area contributed by atoms with Crippen LogP contribution in [0.5, 0.6) is 0 Å². The molecule has 1 N–H and O–H groups in total. The SMILES string of the molecule is COC(=O)NC(C)c1ccc2ccccc2c1. The van der Waals surface area contributed by atoms with Gasteiger partial charge in [-0.1, -0.05) is 36.4 Å². The highest BCUT2D eigenvalue weighted by Crippen LogP contribution is 2.20. The number of alkyl carbamates (subject to hydrolysis) is 1. The molecular weight excluding hydrogens is 214 g/mol. The molecule has 1 atom stereocenters. The van der Waals surface area contributed by atoms with Crippen LogP contribution in [-0.4, -0.2) is 13.2 Å². The second-order valence-electron chi connectivity index (χ2n) is 3.96. The highest BCUT2D eigenvalue weighted by molar-refractivity contribution is 5.83. The molecule has 3 heteroatoms. The zero-order chi connectivity index (χ0) is 12.3. The van der Waals surface area contributed by atoms with Crippen molar-refractivity contribution in [2.24, 2.45) is 0 Å². The number of methoxy groups -OCH3 is 1. The van der Waals surface area contributed by atoms with Crippen LogP contribution < -0.4 is 5.32 Å². The fourth-order valence-electron chi connectivity index (χ4n) is 1.80. The summed E-state index contributed by atoms with van der Waals surface area (Å²) in [5.74, 6) is 0. The first-order valence-electron chi connectivity index (χ1n) is 5.54. The third-order valence-corrected chi connectivity index (χ3v) is 2.79. The lowest BCUT2D eigenvalue weighted by molar-refractivity contribution is 0.167. The van der Waals surface area contributed by atoms with Crippen molar-refractivity contribution in [1.29, 1.82) is 0 Å². The van der Waals surface area contributed by atoms with Crippen molar-refractivity contribution in [3.05, 3.63) is 48.0 Å². The standard InChI is InChI=1S/C14H15NO2/c1-10(15-14(16)17-2)12-8-7-11-5-3-4-6-13(11)9-12/h3-10H,1-2H3,(H,15,16). The van der Waals surface area contributed by atoms with Crippen molar-refractivity contribution in [3.63, 3.8) is 0 Å². The van der Waals surface area contributed by atoms with Crippen molar-refractivity contribution in [3.8, 4) is 0 Å². The smallest absolute Gasteiger partial charge is 0.407 e. The average molecular weight is 229 g/mol. The summed E-state index contributed by atoms with van der Waals surface area (Å²) in [4.78, 5) is 11.1. The van der Waals surface area contributed by atoms with E-state index in [1.807, 2.05) is 25.1 Å². The Morgan fingerprint density at radius 3 is 2.59 bits per heavy atom. The maximum Gasteiger partial charge on any atom is 0.407 e. The Morgan fingerprint density at radius 2 is 1.88 bits per heavy atom. The highest BCUT2D eigenvalue weighted by atomic mass is 16.5. The first-order chi connectivity index (χ1) is 8.20. The first kappa shape index (κ1) is 11.5. The van der Waals surface area contributed by atoms with Crippen molar-refractivity contribution in [2.75, 3.05) is 7.11 Å². The van der Waals surface area contributed by atoms with Crippen molar-refractivity contribution >= 4 is 16.9 Å². The normalized spacial score (nSPS) is 12.1. The van der Waals surface area contributed by atoms with E-state index in [0.29, 0.717) is 0 Å². The Hall–Kier alpha value is -2.03. The number of hydrogen-bond acceptors (Lipinski definition) is 2. The second-order valence-corrected chi connectivity index (χ2v) is 3.96. The topological polar surface area (TPSA) is 38.3 Å². The third-order valence-electron chi connectivity index (χ3n) is 2.79. The van der Waals surface area contributed by atoms with Gasteiger partial charge >= 0.3 is 6.09 Å². The van der Waals surface area contributed by atoms with Gasteiger partial charge in [0.2, 0.25) is 0 Å². The van der Waals surface area contributed by atoms with Crippen LogP contribution in [0.1, 0.15) is 18.5 Å².